The molecule has 0 fully saturated rings. The second kappa shape index (κ2) is 4.46. The van der Waals surface area contributed by atoms with Crippen molar-refractivity contribution >= 4 is 11.3 Å². The third-order valence-electron chi connectivity index (χ3n) is 1.82. The molecule has 1 N–H and O–H groups in total. The number of nitrogens with zero attached hydrogens (tertiary/aromatic N) is 2. The zero-order valence-corrected chi connectivity index (χ0v) is 8.41. The monoisotopic (exact) mass is 187 g/mol. The van der Waals surface area contributed by atoms with Gasteiger partial charge >= 0.3 is 0 Å². The van der Waals surface area contributed by atoms with E-state index in [0.717, 1.165) is 11.3 Å². The molecule has 1 rings (SSSR count). The molecule has 0 bridgehead atoms. The maximum atomic E-state index is 7.45. The Morgan fingerprint density at radius 1 is 1.36 bits per heavy atom. The summed E-state index contributed by atoms with van der Waals surface area (Å²) in [5, 5.41) is 7.45. The Hall–Kier alpha value is -1.77. The van der Waals surface area contributed by atoms with Crippen LogP contribution in [0, 0.1) is 5.41 Å². The molecule has 72 valence electrons. The molecule has 0 aliphatic heterocycles. The summed E-state index contributed by atoms with van der Waals surface area (Å²) >= 11 is 0. The minimum absolute atomic E-state index is 0.444. The van der Waals surface area contributed by atoms with E-state index in [1.165, 1.54) is 6.33 Å². The highest BCUT2D eigenvalue weighted by Crippen LogP contribution is 2.10. The lowest BCUT2D eigenvalue weighted by atomic mass is 10.1. The molecule has 1 aromatic heterocycles. The summed E-state index contributed by atoms with van der Waals surface area (Å²) in [5.74, 6) is 0. The first kappa shape index (κ1) is 10.3. The van der Waals surface area contributed by atoms with Gasteiger partial charge in [0.25, 0.3) is 0 Å². The molecule has 0 radical (unpaired) electrons. The number of allylic oxidation sites excluding steroid dienone is 3. The molecule has 0 amide bonds. The lowest BCUT2D eigenvalue weighted by Crippen LogP contribution is -1.99. The third-order valence-corrected chi connectivity index (χ3v) is 1.82. The van der Waals surface area contributed by atoms with Crippen LogP contribution in [0.2, 0.25) is 0 Å². The van der Waals surface area contributed by atoms with Gasteiger partial charge < -0.3 is 5.41 Å². The van der Waals surface area contributed by atoms with Crippen LogP contribution >= 0.6 is 0 Å². The van der Waals surface area contributed by atoms with Crippen molar-refractivity contribution in [2.24, 2.45) is 0 Å². The molecule has 3 nitrogen and oxygen atoms in total. The standard InChI is InChI=1S/C11H13N3/c1-4-5-8(2)10-6-11(9(3)12)14-7-13-10/h4-7,12H,1H2,2-3H3. The molecule has 3 heteroatoms. The van der Waals surface area contributed by atoms with E-state index in [1.807, 2.05) is 13.0 Å². The first-order valence-electron chi connectivity index (χ1n) is 4.32. The SMILES string of the molecule is C=CC=C(C)c1cc(C(C)=N)ncn1. The Morgan fingerprint density at radius 2 is 2.00 bits per heavy atom. The second-order valence-electron chi connectivity index (χ2n) is 3.00. The zero-order chi connectivity index (χ0) is 10.6. The summed E-state index contributed by atoms with van der Waals surface area (Å²) in [5.41, 5.74) is 2.96. The average Bonchev–Trinajstić information content (AvgIpc) is 2.18. The van der Waals surface area contributed by atoms with Crippen molar-refractivity contribution < 1.29 is 0 Å². The molecule has 0 aromatic carbocycles. The van der Waals surface area contributed by atoms with Crippen LogP contribution in [0.3, 0.4) is 0 Å². The maximum Gasteiger partial charge on any atom is 0.116 e. The molecule has 14 heavy (non-hydrogen) atoms. The van der Waals surface area contributed by atoms with E-state index in [4.69, 9.17) is 5.41 Å². The highest BCUT2D eigenvalue weighted by molar-refractivity contribution is 5.94. The summed E-state index contributed by atoms with van der Waals surface area (Å²) in [4.78, 5) is 8.11. The molecule has 1 aromatic rings. The number of rotatable bonds is 3. The summed E-state index contributed by atoms with van der Waals surface area (Å²) in [6, 6.07) is 1.80. The van der Waals surface area contributed by atoms with Crippen molar-refractivity contribution in [1.82, 2.24) is 9.97 Å². The molecule has 0 saturated carbocycles. The summed E-state index contributed by atoms with van der Waals surface area (Å²) in [6.45, 7) is 7.28. The van der Waals surface area contributed by atoms with Gasteiger partial charge in [-0.2, -0.15) is 0 Å². The molecule has 0 aliphatic carbocycles. The van der Waals surface area contributed by atoms with Crippen molar-refractivity contribution in [3.8, 4) is 0 Å². The quantitative estimate of drug-likeness (QED) is 0.583. The summed E-state index contributed by atoms with van der Waals surface area (Å²) < 4.78 is 0. The van der Waals surface area contributed by atoms with Gasteiger partial charge in [-0.25, -0.2) is 9.97 Å². The topological polar surface area (TPSA) is 49.6 Å². The largest absolute Gasteiger partial charge is 0.303 e. The lowest BCUT2D eigenvalue weighted by Gasteiger charge is -2.01. The predicted octanol–water partition coefficient (Wildman–Crippen LogP) is 2.45. The van der Waals surface area contributed by atoms with Crippen LogP contribution in [-0.2, 0) is 0 Å². The van der Waals surface area contributed by atoms with Crippen LogP contribution < -0.4 is 0 Å². The fourth-order valence-corrected chi connectivity index (χ4v) is 1.04. The minimum Gasteiger partial charge on any atom is -0.303 e. The lowest BCUT2D eigenvalue weighted by molar-refractivity contribution is 1.12. The van der Waals surface area contributed by atoms with Gasteiger partial charge in [0.15, 0.2) is 0 Å². The highest BCUT2D eigenvalue weighted by Gasteiger charge is 2.01. The van der Waals surface area contributed by atoms with Crippen LogP contribution in [0.25, 0.3) is 5.57 Å². The Morgan fingerprint density at radius 3 is 2.57 bits per heavy atom. The molecule has 0 unspecified atom stereocenters. The zero-order valence-electron chi connectivity index (χ0n) is 8.41. The number of nitrogens with one attached hydrogen (secondary N) is 1. The fourth-order valence-electron chi connectivity index (χ4n) is 1.04. The minimum atomic E-state index is 0.444. The number of aromatic nitrogens is 2. The van der Waals surface area contributed by atoms with Crippen LogP contribution in [0.1, 0.15) is 25.2 Å². The number of hydrogen-bond acceptors (Lipinski definition) is 3. The van der Waals surface area contributed by atoms with Crippen molar-refractivity contribution in [3.05, 3.63) is 42.5 Å². The fraction of sp³-hybridized carbons (Fsp3) is 0.182. The molecule has 0 spiro atoms. The van der Waals surface area contributed by atoms with Gasteiger partial charge in [0.05, 0.1) is 17.1 Å². The summed E-state index contributed by atoms with van der Waals surface area (Å²) in [6.07, 6.45) is 5.07. The second-order valence-corrected chi connectivity index (χ2v) is 3.00. The van der Waals surface area contributed by atoms with Crippen molar-refractivity contribution in [1.29, 1.82) is 5.41 Å². The molecule has 0 aliphatic rings. The Labute approximate surface area is 83.7 Å². The van der Waals surface area contributed by atoms with Gasteiger partial charge in [-0.15, -0.1) is 0 Å². The number of hydrogen-bond donors (Lipinski definition) is 1. The van der Waals surface area contributed by atoms with E-state index >= 15 is 0 Å². The van der Waals surface area contributed by atoms with Crippen molar-refractivity contribution in [2.45, 2.75) is 13.8 Å². The molecular formula is C11H13N3. The molecule has 0 atom stereocenters. The predicted molar refractivity (Wildman–Crippen MR) is 58.4 cm³/mol. The smallest absolute Gasteiger partial charge is 0.116 e. The van der Waals surface area contributed by atoms with E-state index in [-0.39, 0.29) is 0 Å². The van der Waals surface area contributed by atoms with Gasteiger partial charge in [-0.1, -0.05) is 18.7 Å². The highest BCUT2D eigenvalue weighted by atomic mass is 14.8. The molecule has 0 saturated heterocycles. The van der Waals surface area contributed by atoms with Crippen LogP contribution in [0.15, 0.2) is 31.1 Å². The van der Waals surface area contributed by atoms with E-state index in [1.54, 1.807) is 19.1 Å². The normalized spacial score (nSPS) is 11.1. The first-order valence-corrected chi connectivity index (χ1v) is 4.32. The van der Waals surface area contributed by atoms with Crippen LogP contribution in [0.5, 0.6) is 0 Å². The van der Waals surface area contributed by atoms with Gasteiger partial charge in [-0.3, -0.25) is 0 Å². The van der Waals surface area contributed by atoms with E-state index in [0.29, 0.717) is 11.4 Å². The maximum absolute atomic E-state index is 7.45. The van der Waals surface area contributed by atoms with E-state index in [2.05, 4.69) is 16.5 Å². The summed E-state index contributed by atoms with van der Waals surface area (Å²) in [7, 11) is 0. The average molecular weight is 187 g/mol. The Bertz CT molecular complexity index is 391. The first-order chi connectivity index (χ1) is 6.65. The Kier molecular flexibility index (Phi) is 3.29. The van der Waals surface area contributed by atoms with E-state index < -0.39 is 0 Å². The van der Waals surface area contributed by atoms with Crippen LogP contribution in [-0.4, -0.2) is 15.7 Å². The van der Waals surface area contributed by atoms with Crippen molar-refractivity contribution in [2.75, 3.05) is 0 Å². The van der Waals surface area contributed by atoms with Gasteiger partial charge in [-0.05, 0) is 25.5 Å². The molecular weight excluding hydrogens is 174 g/mol. The Balaban J connectivity index is 3.11. The van der Waals surface area contributed by atoms with Gasteiger partial charge in [0.2, 0.25) is 0 Å². The molecule has 1 heterocycles. The van der Waals surface area contributed by atoms with Crippen molar-refractivity contribution in [3.63, 3.8) is 0 Å². The third kappa shape index (κ3) is 2.36. The van der Waals surface area contributed by atoms with Crippen LogP contribution in [0.4, 0.5) is 0 Å². The van der Waals surface area contributed by atoms with Gasteiger partial charge in [0, 0.05) is 0 Å². The van der Waals surface area contributed by atoms with E-state index in [9.17, 15) is 0 Å². The van der Waals surface area contributed by atoms with Gasteiger partial charge in [0.1, 0.15) is 6.33 Å².